The van der Waals surface area contributed by atoms with Gasteiger partial charge in [0, 0.05) is 0 Å². The van der Waals surface area contributed by atoms with Crippen LogP contribution in [0.25, 0.3) is 0 Å². The maximum atomic E-state index is 5.19. The van der Waals surface area contributed by atoms with Crippen LogP contribution in [-0.4, -0.2) is 0 Å². The van der Waals surface area contributed by atoms with Crippen LogP contribution in [0, 0.1) is 6.58 Å². The average Bonchev–Trinajstić information content (AvgIpc) is 1.83. The predicted molar refractivity (Wildman–Crippen MR) is 37.5 cm³/mol. The van der Waals surface area contributed by atoms with Crippen molar-refractivity contribution in [2.24, 2.45) is 0 Å². The van der Waals surface area contributed by atoms with Gasteiger partial charge >= 0.3 is 18.9 Å². The van der Waals surface area contributed by atoms with Gasteiger partial charge < -0.3 is 0 Å². The van der Waals surface area contributed by atoms with E-state index in [-0.39, 0.29) is 18.9 Å². The molecule has 0 nitrogen and oxygen atoms in total. The molecule has 0 aromatic rings. The van der Waals surface area contributed by atoms with E-state index < -0.39 is 0 Å². The minimum Gasteiger partial charge on any atom is -0.293 e. The summed E-state index contributed by atoms with van der Waals surface area (Å²) >= 11 is 0. The normalized spacial score (nSPS) is 7.67. The molecule has 0 radical (unpaired) electrons. The van der Waals surface area contributed by atoms with Crippen molar-refractivity contribution >= 4 is 0 Å². The third kappa shape index (κ3) is 8.08. The Hall–Kier alpha value is 0.0774. The van der Waals surface area contributed by atoms with Crippen molar-refractivity contribution in [1.82, 2.24) is 0 Å². The van der Waals surface area contributed by atoms with E-state index in [4.69, 9.17) is 6.58 Å². The second kappa shape index (κ2) is 8.08. The van der Waals surface area contributed by atoms with Crippen molar-refractivity contribution in [3.63, 3.8) is 0 Å². The fourth-order valence-electron chi connectivity index (χ4n) is 0.487. The second-order valence-electron chi connectivity index (χ2n) is 1.93. The molecule has 0 spiro atoms. The first-order chi connectivity index (χ1) is 3.81. The summed E-state index contributed by atoms with van der Waals surface area (Å²) in [6, 6.07) is 0. The van der Waals surface area contributed by atoms with Gasteiger partial charge in [0.2, 0.25) is 0 Å². The maximum Gasteiger partial charge on any atom is 1.00 e. The van der Waals surface area contributed by atoms with Crippen molar-refractivity contribution in [3.05, 3.63) is 24.8 Å². The van der Waals surface area contributed by atoms with Gasteiger partial charge in [0.1, 0.15) is 0 Å². The van der Waals surface area contributed by atoms with Crippen LogP contribution in [0.2, 0.25) is 0 Å². The molecule has 0 N–H and O–H groups in total. The summed E-state index contributed by atoms with van der Waals surface area (Å²) in [7, 11) is 0. The van der Waals surface area contributed by atoms with Gasteiger partial charge in [0.05, 0.1) is 0 Å². The largest absolute Gasteiger partial charge is 1.00 e. The summed E-state index contributed by atoms with van der Waals surface area (Å²) in [5.41, 5.74) is 1.05. The SMILES string of the molecule is [CH-]=CC(=C)CCCC.[Li+]. The minimum absolute atomic E-state index is 0. The van der Waals surface area contributed by atoms with Crippen LogP contribution in [0.1, 0.15) is 26.2 Å². The molecule has 0 aliphatic carbocycles. The van der Waals surface area contributed by atoms with Crippen LogP contribution >= 0.6 is 0 Å². The Bertz CT molecular complexity index is 84.6. The minimum atomic E-state index is 0. The Morgan fingerprint density at radius 3 is 2.56 bits per heavy atom. The second-order valence-corrected chi connectivity index (χ2v) is 1.93. The first kappa shape index (κ1) is 11.8. The molecule has 0 aromatic carbocycles. The molecule has 0 unspecified atom stereocenters. The molecule has 0 rings (SSSR count). The molecule has 0 bridgehead atoms. The Balaban J connectivity index is 0. The molecule has 9 heavy (non-hydrogen) atoms. The fourth-order valence-corrected chi connectivity index (χ4v) is 0.487. The molecule has 0 atom stereocenters. The van der Waals surface area contributed by atoms with Crippen LogP contribution in [0.4, 0.5) is 0 Å². The van der Waals surface area contributed by atoms with Gasteiger partial charge in [-0.15, -0.1) is 0 Å². The van der Waals surface area contributed by atoms with Gasteiger partial charge in [0.25, 0.3) is 0 Å². The van der Waals surface area contributed by atoms with Crippen molar-refractivity contribution in [3.8, 4) is 0 Å². The molecule has 1 heteroatoms. The summed E-state index contributed by atoms with van der Waals surface area (Å²) in [4.78, 5) is 0. The van der Waals surface area contributed by atoms with Gasteiger partial charge in [0.15, 0.2) is 0 Å². The number of allylic oxidation sites excluding steroid dienone is 2. The maximum absolute atomic E-state index is 5.19. The van der Waals surface area contributed by atoms with Crippen LogP contribution in [0.5, 0.6) is 0 Å². The predicted octanol–water partition coefficient (Wildman–Crippen LogP) is -0.274. The van der Waals surface area contributed by atoms with E-state index in [0.29, 0.717) is 0 Å². The van der Waals surface area contributed by atoms with E-state index in [9.17, 15) is 0 Å². The quantitative estimate of drug-likeness (QED) is 0.269. The molecule has 0 fully saturated rings. The van der Waals surface area contributed by atoms with Crippen LogP contribution < -0.4 is 18.9 Å². The third-order valence-electron chi connectivity index (χ3n) is 1.09. The van der Waals surface area contributed by atoms with E-state index >= 15 is 0 Å². The molecular formula is C8H13Li. The van der Waals surface area contributed by atoms with Crippen molar-refractivity contribution < 1.29 is 18.9 Å². The number of unbranched alkanes of at least 4 members (excludes halogenated alkanes) is 1. The van der Waals surface area contributed by atoms with Gasteiger partial charge in [-0.3, -0.25) is 6.58 Å². The van der Waals surface area contributed by atoms with E-state index in [1.807, 2.05) is 0 Å². The summed E-state index contributed by atoms with van der Waals surface area (Å²) < 4.78 is 0. The van der Waals surface area contributed by atoms with Gasteiger partial charge in [-0.2, -0.15) is 6.58 Å². The number of hydrogen-bond donors (Lipinski definition) is 0. The van der Waals surface area contributed by atoms with E-state index in [2.05, 4.69) is 13.5 Å². The number of rotatable bonds is 4. The number of hydrogen-bond acceptors (Lipinski definition) is 0. The van der Waals surface area contributed by atoms with Gasteiger partial charge in [-0.1, -0.05) is 26.2 Å². The summed E-state index contributed by atoms with van der Waals surface area (Å²) in [6.45, 7) is 11.1. The molecule has 0 saturated carbocycles. The van der Waals surface area contributed by atoms with Crippen molar-refractivity contribution in [2.75, 3.05) is 0 Å². The third-order valence-corrected chi connectivity index (χ3v) is 1.09. The summed E-state index contributed by atoms with van der Waals surface area (Å²) in [6.07, 6.45) is 5.04. The zero-order chi connectivity index (χ0) is 6.41. The van der Waals surface area contributed by atoms with Gasteiger partial charge in [-0.05, 0) is 0 Å². The Morgan fingerprint density at radius 1 is 1.67 bits per heavy atom. The monoisotopic (exact) mass is 116 g/mol. The Kier molecular flexibility index (Phi) is 10.6. The topological polar surface area (TPSA) is 0 Å². The molecular weight excluding hydrogens is 103 g/mol. The zero-order valence-electron chi connectivity index (χ0n) is 6.48. The first-order valence-corrected chi connectivity index (χ1v) is 3.04. The molecule has 0 amide bonds. The Morgan fingerprint density at radius 2 is 2.22 bits per heavy atom. The molecule has 0 aromatic heterocycles. The smallest absolute Gasteiger partial charge is 0.293 e. The zero-order valence-corrected chi connectivity index (χ0v) is 6.48. The molecule has 0 aliphatic rings. The molecule has 46 valence electrons. The molecule has 0 saturated heterocycles. The molecule has 0 aliphatic heterocycles. The van der Waals surface area contributed by atoms with Crippen LogP contribution in [0.3, 0.4) is 0 Å². The summed E-state index contributed by atoms with van der Waals surface area (Å²) in [5, 5.41) is 0. The fraction of sp³-hybridized carbons (Fsp3) is 0.500. The van der Waals surface area contributed by atoms with Gasteiger partial charge in [-0.25, -0.2) is 11.6 Å². The Labute approximate surface area is 70.2 Å². The first-order valence-electron chi connectivity index (χ1n) is 3.04. The van der Waals surface area contributed by atoms with Crippen LogP contribution in [-0.2, 0) is 0 Å². The molecule has 0 heterocycles. The summed E-state index contributed by atoms with van der Waals surface area (Å²) in [5.74, 6) is 0. The van der Waals surface area contributed by atoms with E-state index in [0.717, 1.165) is 12.0 Å². The standard InChI is InChI=1S/C8H13.Li/c1-4-6-7-8(3)5-2;/h2,5H,3-4,6-7H2,1H3;/q-1;+1. The van der Waals surface area contributed by atoms with Crippen molar-refractivity contribution in [2.45, 2.75) is 26.2 Å². The average molecular weight is 116 g/mol. The van der Waals surface area contributed by atoms with E-state index in [1.54, 1.807) is 6.08 Å². The van der Waals surface area contributed by atoms with Crippen molar-refractivity contribution in [1.29, 1.82) is 0 Å². The van der Waals surface area contributed by atoms with E-state index in [1.165, 1.54) is 12.8 Å². The van der Waals surface area contributed by atoms with Crippen LogP contribution in [0.15, 0.2) is 18.2 Å².